The minimum absolute atomic E-state index is 0.140. The van der Waals surface area contributed by atoms with Gasteiger partial charge in [0.15, 0.2) is 0 Å². The van der Waals surface area contributed by atoms with Crippen LogP contribution < -0.4 is 10.1 Å². The van der Waals surface area contributed by atoms with Gasteiger partial charge in [-0.1, -0.05) is 12.2 Å². The lowest BCUT2D eigenvalue weighted by atomic mass is 9.93. The van der Waals surface area contributed by atoms with Crippen molar-refractivity contribution >= 4 is 11.6 Å². The maximum Gasteiger partial charge on any atom is 0.228 e. The van der Waals surface area contributed by atoms with Crippen LogP contribution in [-0.4, -0.2) is 25.2 Å². The van der Waals surface area contributed by atoms with E-state index >= 15 is 0 Å². The summed E-state index contributed by atoms with van der Waals surface area (Å²) in [6, 6.07) is 7.64. The molecule has 2 bridgehead atoms. The van der Waals surface area contributed by atoms with Crippen LogP contribution in [-0.2, 0) is 9.53 Å². The van der Waals surface area contributed by atoms with Crippen LogP contribution in [0.5, 0.6) is 5.75 Å². The first-order valence-corrected chi connectivity index (χ1v) is 8.11. The second-order valence-corrected chi connectivity index (χ2v) is 6.50. The fourth-order valence-corrected chi connectivity index (χ4v) is 3.73. The van der Waals surface area contributed by atoms with Crippen molar-refractivity contribution in [1.29, 1.82) is 0 Å². The van der Waals surface area contributed by atoms with E-state index in [1.165, 1.54) is 0 Å². The Morgan fingerprint density at radius 1 is 1.18 bits per heavy atom. The van der Waals surface area contributed by atoms with Crippen LogP contribution in [0.25, 0.3) is 0 Å². The smallest absolute Gasteiger partial charge is 0.228 e. The molecule has 0 radical (unpaired) electrons. The van der Waals surface area contributed by atoms with Crippen molar-refractivity contribution in [2.45, 2.75) is 25.4 Å². The average Bonchev–Trinajstić information content (AvgIpc) is 3.26. The van der Waals surface area contributed by atoms with Crippen LogP contribution in [0.3, 0.4) is 0 Å². The first kappa shape index (κ1) is 13.8. The average molecular weight is 299 g/mol. The van der Waals surface area contributed by atoms with E-state index in [0.717, 1.165) is 37.3 Å². The Kier molecular flexibility index (Phi) is 3.62. The van der Waals surface area contributed by atoms with E-state index in [2.05, 4.69) is 17.5 Å². The molecule has 1 N–H and O–H groups in total. The van der Waals surface area contributed by atoms with Gasteiger partial charge in [0.1, 0.15) is 11.9 Å². The van der Waals surface area contributed by atoms with E-state index in [-0.39, 0.29) is 17.9 Å². The molecule has 116 valence electrons. The van der Waals surface area contributed by atoms with Gasteiger partial charge < -0.3 is 14.8 Å². The number of allylic oxidation sites excluding steroid dienone is 2. The van der Waals surface area contributed by atoms with Crippen LogP contribution >= 0.6 is 0 Å². The minimum Gasteiger partial charge on any atom is -0.488 e. The zero-order valence-electron chi connectivity index (χ0n) is 12.5. The van der Waals surface area contributed by atoms with Crippen LogP contribution in [0.4, 0.5) is 5.69 Å². The topological polar surface area (TPSA) is 47.6 Å². The molecule has 1 heterocycles. The van der Waals surface area contributed by atoms with Gasteiger partial charge >= 0.3 is 0 Å². The number of rotatable bonds is 4. The third kappa shape index (κ3) is 2.75. The molecule has 0 unspecified atom stereocenters. The molecule has 1 aliphatic heterocycles. The van der Waals surface area contributed by atoms with Gasteiger partial charge in [-0.3, -0.25) is 4.79 Å². The summed E-state index contributed by atoms with van der Waals surface area (Å²) in [5.41, 5.74) is 0.840. The highest BCUT2D eigenvalue weighted by molar-refractivity contribution is 5.93. The summed E-state index contributed by atoms with van der Waals surface area (Å²) < 4.78 is 11.1. The van der Waals surface area contributed by atoms with E-state index in [0.29, 0.717) is 18.4 Å². The number of hydrogen-bond donors (Lipinski definition) is 1. The number of benzene rings is 1. The van der Waals surface area contributed by atoms with Gasteiger partial charge in [-0.05, 0) is 48.9 Å². The molecule has 1 aromatic rings. The molecule has 4 heteroatoms. The Hall–Kier alpha value is -1.81. The Morgan fingerprint density at radius 2 is 2.05 bits per heavy atom. The van der Waals surface area contributed by atoms with E-state index in [1.807, 2.05) is 24.3 Å². The number of carbonyl (C=O) groups is 1. The summed E-state index contributed by atoms with van der Waals surface area (Å²) >= 11 is 0. The molecular formula is C18H21NO3. The van der Waals surface area contributed by atoms with Crippen LogP contribution in [0.15, 0.2) is 36.4 Å². The lowest BCUT2D eigenvalue weighted by Crippen LogP contribution is -2.25. The molecule has 22 heavy (non-hydrogen) atoms. The molecule has 2 aliphatic carbocycles. The number of nitrogens with one attached hydrogen (secondary N) is 1. The van der Waals surface area contributed by atoms with Crippen molar-refractivity contribution < 1.29 is 14.3 Å². The maximum absolute atomic E-state index is 12.4. The van der Waals surface area contributed by atoms with Gasteiger partial charge in [0.25, 0.3) is 0 Å². The Bertz CT molecular complexity index is 574. The summed E-state index contributed by atoms with van der Waals surface area (Å²) in [5, 5.41) is 3.04. The van der Waals surface area contributed by atoms with Gasteiger partial charge in [0.05, 0.1) is 13.2 Å². The molecule has 0 spiro atoms. The van der Waals surface area contributed by atoms with Crippen molar-refractivity contribution in [1.82, 2.24) is 0 Å². The zero-order chi connectivity index (χ0) is 14.9. The molecule has 4 atom stereocenters. The molecule has 2 fully saturated rings. The number of fused-ring (bicyclic) bond motifs is 2. The number of amides is 1. The molecule has 1 amide bonds. The third-order valence-corrected chi connectivity index (χ3v) is 4.93. The Morgan fingerprint density at radius 3 is 2.68 bits per heavy atom. The van der Waals surface area contributed by atoms with E-state index in [1.54, 1.807) is 0 Å². The molecule has 1 saturated heterocycles. The molecule has 1 saturated carbocycles. The first-order valence-electron chi connectivity index (χ1n) is 8.11. The van der Waals surface area contributed by atoms with Crippen molar-refractivity contribution in [3.05, 3.63) is 36.4 Å². The summed E-state index contributed by atoms with van der Waals surface area (Å²) in [6.45, 7) is 1.44. The molecule has 0 aromatic heterocycles. The monoisotopic (exact) mass is 299 g/mol. The van der Waals surface area contributed by atoms with Crippen molar-refractivity contribution in [2.75, 3.05) is 18.5 Å². The Balaban J connectivity index is 1.34. The number of anilines is 1. The highest BCUT2D eigenvalue weighted by atomic mass is 16.5. The highest BCUT2D eigenvalue weighted by Crippen LogP contribution is 2.43. The zero-order valence-corrected chi connectivity index (χ0v) is 12.5. The fourth-order valence-electron chi connectivity index (χ4n) is 3.73. The van der Waals surface area contributed by atoms with Gasteiger partial charge in [0.2, 0.25) is 5.91 Å². The number of hydrogen-bond acceptors (Lipinski definition) is 3. The van der Waals surface area contributed by atoms with Crippen LogP contribution in [0.1, 0.15) is 19.3 Å². The predicted octanol–water partition coefficient (Wildman–Crippen LogP) is 3.01. The lowest BCUT2D eigenvalue weighted by Gasteiger charge is -2.18. The second kappa shape index (κ2) is 5.76. The molecule has 3 aliphatic rings. The molecule has 4 nitrogen and oxygen atoms in total. The summed E-state index contributed by atoms with van der Waals surface area (Å²) in [5.74, 6) is 2.17. The lowest BCUT2D eigenvalue weighted by molar-refractivity contribution is -0.120. The first-order chi connectivity index (χ1) is 10.8. The highest BCUT2D eigenvalue weighted by Gasteiger charge is 2.39. The quantitative estimate of drug-likeness (QED) is 0.869. The summed E-state index contributed by atoms with van der Waals surface area (Å²) in [4.78, 5) is 12.4. The SMILES string of the molecule is O=C(Nc1ccc(O[C@@H]2CCOC2)cc1)[C@@H]1C[C@H]2C=C[C@H]1C2. The standard InChI is InChI=1S/C18H21NO3/c20-18(17-10-12-1-2-13(17)9-12)19-14-3-5-15(6-4-14)22-16-7-8-21-11-16/h1-6,12-13,16-17H,7-11H2,(H,19,20)/t12-,13-,16+,17+/m0/s1. The van der Waals surface area contributed by atoms with Crippen molar-refractivity contribution in [3.8, 4) is 5.75 Å². The van der Waals surface area contributed by atoms with Gasteiger partial charge in [-0.2, -0.15) is 0 Å². The maximum atomic E-state index is 12.4. The van der Waals surface area contributed by atoms with Crippen molar-refractivity contribution in [3.63, 3.8) is 0 Å². The summed E-state index contributed by atoms with van der Waals surface area (Å²) in [6.07, 6.45) is 7.70. The van der Waals surface area contributed by atoms with Crippen molar-refractivity contribution in [2.24, 2.45) is 17.8 Å². The van der Waals surface area contributed by atoms with Gasteiger partial charge in [0, 0.05) is 18.0 Å². The molecular weight excluding hydrogens is 278 g/mol. The fraction of sp³-hybridized carbons (Fsp3) is 0.500. The normalized spacial score (nSPS) is 32.4. The molecule has 4 rings (SSSR count). The largest absolute Gasteiger partial charge is 0.488 e. The Labute approximate surface area is 130 Å². The van der Waals surface area contributed by atoms with Gasteiger partial charge in [-0.25, -0.2) is 0 Å². The van der Waals surface area contributed by atoms with E-state index in [9.17, 15) is 4.79 Å². The minimum atomic E-state index is 0.140. The van der Waals surface area contributed by atoms with Crippen LogP contribution in [0, 0.1) is 17.8 Å². The predicted molar refractivity (Wildman–Crippen MR) is 83.8 cm³/mol. The summed E-state index contributed by atoms with van der Waals surface area (Å²) in [7, 11) is 0. The van der Waals surface area contributed by atoms with E-state index < -0.39 is 0 Å². The second-order valence-electron chi connectivity index (χ2n) is 6.50. The van der Waals surface area contributed by atoms with E-state index in [4.69, 9.17) is 9.47 Å². The van der Waals surface area contributed by atoms with Crippen LogP contribution in [0.2, 0.25) is 0 Å². The molecule has 1 aromatic carbocycles. The third-order valence-electron chi connectivity index (χ3n) is 4.93. The number of carbonyl (C=O) groups excluding carboxylic acids is 1. The number of ether oxygens (including phenoxy) is 2. The van der Waals surface area contributed by atoms with Gasteiger partial charge in [-0.15, -0.1) is 0 Å².